The average molecular weight is 303 g/mol. The van der Waals surface area contributed by atoms with Gasteiger partial charge in [0.15, 0.2) is 0 Å². The van der Waals surface area contributed by atoms with Crippen LogP contribution in [0.15, 0.2) is 29.8 Å². The molecule has 6 nitrogen and oxygen atoms in total. The highest BCUT2D eigenvalue weighted by Gasteiger charge is 2.13. The Balaban J connectivity index is 2.95. The normalized spacial score (nSPS) is 10.9. The van der Waals surface area contributed by atoms with E-state index in [9.17, 15) is 9.59 Å². The first kappa shape index (κ1) is 17.2. The van der Waals surface area contributed by atoms with Gasteiger partial charge in [0.1, 0.15) is 17.4 Å². The number of carbonyl (C=O) groups excluding carboxylic acids is 1. The number of hydrogen-bond acceptors (Lipinski definition) is 5. The number of rotatable bonds is 7. The number of carbonyl (C=O) groups is 2. The van der Waals surface area contributed by atoms with Crippen LogP contribution >= 0.6 is 0 Å². The van der Waals surface area contributed by atoms with Crippen molar-refractivity contribution in [2.45, 2.75) is 26.4 Å². The Bertz CT molecular complexity index is 613. The molecular weight excluding hydrogens is 286 g/mol. The molecule has 0 saturated heterocycles. The second-order valence-corrected chi connectivity index (χ2v) is 4.65. The summed E-state index contributed by atoms with van der Waals surface area (Å²) >= 11 is 0. The van der Waals surface area contributed by atoms with Crippen LogP contribution in [0, 0.1) is 11.3 Å². The van der Waals surface area contributed by atoms with Crippen molar-refractivity contribution >= 4 is 18.0 Å². The molecule has 1 aromatic carbocycles. The molecule has 0 unspecified atom stereocenters. The van der Waals surface area contributed by atoms with E-state index < -0.39 is 11.9 Å². The standard InChI is InChI=1S/C16H17NO5/c1-11(2)22-16(20)13(10-17)9-12-5-3-4-6-14(12)21-8-7-15(18)19/h3-6,9,11H,7-8H2,1-2H3,(H,18,19)/b13-9+. The van der Waals surface area contributed by atoms with Crippen LogP contribution in [-0.2, 0) is 14.3 Å². The summed E-state index contributed by atoms with van der Waals surface area (Å²) in [6, 6.07) is 8.53. The molecule has 6 heteroatoms. The summed E-state index contributed by atoms with van der Waals surface area (Å²) in [6.45, 7) is 3.38. The Morgan fingerprint density at radius 1 is 1.36 bits per heavy atom. The first-order valence-electron chi connectivity index (χ1n) is 6.70. The van der Waals surface area contributed by atoms with Gasteiger partial charge in [-0.1, -0.05) is 18.2 Å². The van der Waals surface area contributed by atoms with E-state index in [0.29, 0.717) is 11.3 Å². The Kier molecular flexibility index (Phi) is 6.64. The second-order valence-electron chi connectivity index (χ2n) is 4.65. The monoisotopic (exact) mass is 303 g/mol. The number of carboxylic acids is 1. The van der Waals surface area contributed by atoms with Crippen molar-refractivity contribution < 1.29 is 24.2 Å². The van der Waals surface area contributed by atoms with E-state index in [2.05, 4.69) is 0 Å². The maximum Gasteiger partial charge on any atom is 0.349 e. The fourth-order valence-corrected chi connectivity index (χ4v) is 1.55. The predicted molar refractivity (Wildman–Crippen MR) is 79.0 cm³/mol. The highest BCUT2D eigenvalue weighted by Crippen LogP contribution is 2.21. The highest BCUT2D eigenvalue weighted by atomic mass is 16.5. The van der Waals surface area contributed by atoms with E-state index in [4.69, 9.17) is 19.8 Å². The third-order valence-electron chi connectivity index (χ3n) is 2.48. The number of nitriles is 1. The summed E-state index contributed by atoms with van der Waals surface area (Å²) < 4.78 is 10.3. The van der Waals surface area contributed by atoms with Crippen LogP contribution in [0.4, 0.5) is 0 Å². The average Bonchev–Trinajstić information content (AvgIpc) is 2.44. The van der Waals surface area contributed by atoms with Crippen LogP contribution in [0.2, 0.25) is 0 Å². The van der Waals surface area contributed by atoms with Crippen LogP contribution in [0.3, 0.4) is 0 Å². The van der Waals surface area contributed by atoms with Gasteiger partial charge in [0.05, 0.1) is 19.1 Å². The maximum atomic E-state index is 11.8. The third-order valence-corrected chi connectivity index (χ3v) is 2.48. The van der Waals surface area contributed by atoms with Gasteiger partial charge in [-0.2, -0.15) is 5.26 Å². The summed E-state index contributed by atoms with van der Waals surface area (Å²) in [5.74, 6) is -1.28. The largest absolute Gasteiger partial charge is 0.492 e. The molecule has 1 rings (SSSR count). The summed E-state index contributed by atoms with van der Waals surface area (Å²) in [5, 5.41) is 17.7. The molecule has 0 aliphatic carbocycles. The fraction of sp³-hybridized carbons (Fsp3) is 0.312. The molecule has 0 radical (unpaired) electrons. The number of nitrogens with zero attached hydrogens (tertiary/aromatic N) is 1. The molecular formula is C16H17NO5. The Morgan fingerprint density at radius 2 is 2.05 bits per heavy atom. The minimum atomic E-state index is -0.966. The van der Waals surface area contributed by atoms with Crippen molar-refractivity contribution in [2.75, 3.05) is 6.61 Å². The molecule has 116 valence electrons. The first-order valence-corrected chi connectivity index (χ1v) is 6.70. The van der Waals surface area contributed by atoms with Crippen molar-refractivity contribution in [1.82, 2.24) is 0 Å². The lowest BCUT2D eigenvalue weighted by Crippen LogP contribution is -2.12. The third kappa shape index (κ3) is 5.67. The number of carboxylic acid groups (broad SMARTS) is 1. The van der Waals surface area contributed by atoms with Crippen LogP contribution in [0.5, 0.6) is 5.75 Å². The molecule has 0 saturated carbocycles. The molecule has 0 aliphatic rings. The summed E-state index contributed by atoms with van der Waals surface area (Å²) in [7, 11) is 0. The van der Waals surface area contributed by atoms with Gasteiger partial charge in [-0.3, -0.25) is 4.79 Å². The zero-order chi connectivity index (χ0) is 16.5. The number of benzene rings is 1. The van der Waals surface area contributed by atoms with Crippen LogP contribution in [0.1, 0.15) is 25.8 Å². The van der Waals surface area contributed by atoms with Gasteiger partial charge in [-0.25, -0.2) is 4.79 Å². The van der Waals surface area contributed by atoms with Gasteiger partial charge in [-0.05, 0) is 26.0 Å². The molecule has 22 heavy (non-hydrogen) atoms. The smallest absolute Gasteiger partial charge is 0.349 e. The molecule has 0 fully saturated rings. The van der Waals surface area contributed by atoms with Gasteiger partial charge in [0.2, 0.25) is 0 Å². The number of para-hydroxylation sites is 1. The van der Waals surface area contributed by atoms with Crippen molar-refractivity contribution in [3.63, 3.8) is 0 Å². The van der Waals surface area contributed by atoms with Crippen molar-refractivity contribution in [2.24, 2.45) is 0 Å². The van der Waals surface area contributed by atoms with E-state index in [-0.39, 0.29) is 24.7 Å². The van der Waals surface area contributed by atoms with E-state index in [1.54, 1.807) is 44.2 Å². The van der Waals surface area contributed by atoms with Crippen LogP contribution in [0.25, 0.3) is 6.08 Å². The zero-order valence-corrected chi connectivity index (χ0v) is 12.4. The lowest BCUT2D eigenvalue weighted by Gasteiger charge is -2.09. The zero-order valence-electron chi connectivity index (χ0n) is 12.4. The minimum Gasteiger partial charge on any atom is -0.492 e. The van der Waals surface area contributed by atoms with E-state index in [1.807, 2.05) is 0 Å². The SMILES string of the molecule is CC(C)OC(=O)/C(C#N)=C/c1ccccc1OCCC(=O)O. The molecule has 1 aromatic rings. The lowest BCUT2D eigenvalue weighted by molar-refractivity contribution is -0.142. The van der Waals surface area contributed by atoms with Crippen molar-refractivity contribution in [3.05, 3.63) is 35.4 Å². The Labute approximate surface area is 128 Å². The number of hydrogen-bond donors (Lipinski definition) is 1. The highest BCUT2D eigenvalue weighted by molar-refractivity contribution is 5.98. The van der Waals surface area contributed by atoms with Gasteiger partial charge in [-0.15, -0.1) is 0 Å². The second kappa shape index (κ2) is 8.47. The fourth-order valence-electron chi connectivity index (χ4n) is 1.55. The topological polar surface area (TPSA) is 96.6 Å². The van der Waals surface area contributed by atoms with Gasteiger partial charge < -0.3 is 14.6 Å². The molecule has 0 aromatic heterocycles. The molecule has 0 atom stereocenters. The van der Waals surface area contributed by atoms with Crippen molar-refractivity contribution in [1.29, 1.82) is 5.26 Å². The van der Waals surface area contributed by atoms with Crippen LogP contribution < -0.4 is 4.74 Å². The van der Waals surface area contributed by atoms with Gasteiger partial charge in [0.25, 0.3) is 0 Å². The molecule has 1 N–H and O–H groups in total. The first-order chi connectivity index (χ1) is 10.4. The molecule has 0 amide bonds. The summed E-state index contributed by atoms with van der Waals surface area (Å²) in [4.78, 5) is 22.3. The van der Waals surface area contributed by atoms with Gasteiger partial charge in [0, 0.05) is 5.56 Å². The number of ether oxygens (including phenoxy) is 2. The van der Waals surface area contributed by atoms with Gasteiger partial charge >= 0.3 is 11.9 Å². The molecule has 0 spiro atoms. The number of esters is 1. The van der Waals surface area contributed by atoms with Crippen molar-refractivity contribution in [3.8, 4) is 11.8 Å². The summed E-state index contributed by atoms with van der Waals surface area (Å²) in [5.41, 5.74) is 0.355. The summed E-state index contributed by atoms with van der Waals surface area (Å²) in [6.07, 6.45) is 0.894. The lowest BCUT2D eigenvalue weighted by atomic mass is 10.1. The Hall–Kier alpha value is -2.81. The Morgan fingerprint density at radius 3 is 2.64 bits per heavy atom. The van der Waals surface area contributed by atoms with E-state index >= 15 is 0 Å². The molecule has 0 aliphatic heterocycles. The predicted octanol–water partition coefficient (Wildman–Crippen LogP) is 2.40. The van der Waals surface area contributed by atoms with Crippen LogP contribution in [-0.4, -0.2) is 29.8 Å². The maximum absolute atomic E-state index is 11.8. The molecule has 0 bridgehead atoms. The molecule has 0 heterocycles. The van der Waals surface area contributed by atoms with E-state index in [1.165, 1.54) is 6.08 Å². The number of aliphatic carboxylic acids is 1. The van der Waals surface area contributed by atoms with E-state index in [0.717, 1.165) is 0 Å². The quantitative estimate of drug-likeness (QED) is 0.472. The minimum absolute atomic E-state index is 0.00147.